The second-order valence-corrected chi connectivity index (χ2v) is 17.9. The van der Waals surface area contributed by atoms with Crippen molar-refractivity contribution in [1.82, 2.24) is 23.9 Å². The molecule has 0 saturated carbocycles. The Morgan fingerprint density at radius 3 is 2.06 bits per heavy atom. The van der Waals surface area contributed by atoms with E-state index >= 15 is 0 Å². The lowest BCUT2D eigenvalue weighted by Crippen LogP contribution is -2.05. The number of hydrogen-bond acceptors (Lipinski definition) is 4. The Bertz CT molecular complexity index is 4090. The topological polar surface area (TPSA) is 48.0 Å². The molecule has 1 aliphatic carbocycles. The third kappa shape index (κ3) is 4.75. The molecule has 8 aromatic carbocycles. The number of rotatable bonds is 4. The van der Waals surface area contributed by atoms with E-state index in [4.69, 9.17) is 15.0 Å². The van der Waals surface area contributed by atoms with Gasteiger partial charge in [0.05, 0.1) is 38.0 Å². The van der Waals surface area contributed by atoms with Gasteiger partial charge in [0.2, 0.25) is 0 Å². The lowest BCUT2D eigenvalue weighted by Gasteiger charge is -2.15. The van der Waals surface area contributed by atoms with E-state index in [1.807, 2.05) is 29.5 Å². The van der Waals surface area contributed by atoms with Gasteiger partial charge in [0, 0.05) is 69.9 Å². The van der Waals surface area contributed by atoms with Gasteiger partial charge in [-0.2, -0.15) is 0 Å². The van der Waals surface area contributed by atoms with Gasteiger partial charge < -0.3 is 8.97 Å². The van der Waals surface area contributed by atoms with Crippen LogP contribution in [0.4, 0.5) is 0 Å². The Morgan fingerprint density at radius 1 is 0.500 bits per heavy atom. The van der Waals surface area contributed by atoms with Gasteiger partial charge in [-0.3, -0.25) is 0 Å². The van der Waals surface area contributed by atoms with Crippen LogP contribution in [0.2, 0.25) is 0 Å². The average molecular weight is 810 g/mol. The normalized spacial score (nSPS) is 14.7. The van der Waals surface area contributed by atoms with E-state index in [1.54, 1.807) is 0 Å². The number of allylic oxidation sites excluding steroid dienone is 4. The first-order valence-electron chi connectivity index (χ1n) is 21.3. The van der Waals surface area contributed by atoms with Gasteiger partial charge in [-0.25, -0.2) is 15.0 Å². The maximum absolute atomic E-state index is 5.32. The SMILES string of the molecule is CC1C=C(c2nc(-c3ccccc3)nc(-c3cc(-n4c5cc6c(cc5c5ccc7ccccc7c54)c4cccc5c7ccccc7n6c54)c4sc5ccccc5c4c3)n2)C=CC1. The molecule has 0 N–H and O–H groups in total. The van der Waals surface area contributed by atoms with Crippen LogP contribution in [-0.2, 0) is 0 Å². The van der Waals surface area contributed by atoms with Gasteiger partial charge in [0.25, 0.3) is 0 Å². The van der Waals surface area contributed by atoms with Crippen LogP contribution < -0.4 is 0 Å². The summed E-state index contributed by atoms with van der Waals surface area (Å²) in [7, 11) is 0. The summed E-state index contributed by atoms with van der Waals surface area (Å²) in [5.41, 5.74) is 10.1. The standard InChI is InChI=1S/C56H35N5S/c1-32-13-11-17-35(27-32)55-57-54(34-15-3-2-4-16-34)58-56(59-55)36-28-45-39-20-8-10-24-50(39)62-53(45)49(29-36)61-48-31-47-43(30-44(48)42-26-25-33-14-5-6-18-37(33)51(42)61)41-22-12-21-40-38-19-7-9-23-46(38)60(47)52(40)41/h2-12,14-32H,13H2,1H3. The highest BCUT2D eigenvalue weighted by Gasteiger charge is 2.25. The molecule has 290 valence electrons. The van der Waals surface area contributed by atoms with Crippen molar-refractivity contribution in [3.8, 4) is 28.5 Å². The third-order valence-corrected chi connectivity index (χ3v) is 14.4. The summed E-state index contributed by atoms with van der Waals surface area (Å²) in [6.45, 7) is 2.25. The summed E-state index contributed by atoms with van der Waals surface area (Å²) in [4.78, 5) is 15.7. The van der Waals surface area contributed by atoms with E-state index in [0.29, 0.717) is 23.4 Å². The van der Waals surface area contributed by atoms with Crippen LogP contribution in [0.25, 0.3) is 125 Å². The van der Waals surface area contributed by atoms with Crippen molar-refractivity contribution in [2.75, 3.05) is 0 Å². The molecule has 0 amide bonds. The van der Waals surface area contributed by atoms with Gasteiger partial charge in [0.1, 0.15) is 0 Å². The first-order valence-corrected chi connectivity index (χ1v) is 22.2. The minimum absolute atomic E-state index is 0.399. The van der Waals surface area contributed by atoms with Crippen molar-refractivity contribution in [1.29, 1.82) is 0 Å². The third-order valence-electron chi connectivity index (χ3n) is 13.1. The molecule has 0 spiro atoms. The van der Waals surface area contributed by atoms with Gasteiger partial charge in [-0.15, -0.1) is 11.3 Å². The molecule has 5 nitrogen and oxygen atoms in total. The van der Waals surface area contributed by atoms with Crippen LogP contribution in [0.1, 0.15) is 19.2 Å². The van der Waals surface area contributed by atoms with Gasteiger partial charge in [-0.1, -0.05) is 146 Å². The van der Waals surface area contributed by atoms with Gasteiger partial charge >= 0.3 is 0 Å². The number of nitrogens with zero attached hydrogens (tertiary/aromatic N) is 5. The van der Waals surface area contributed by atoms with E-state index in [9.17, 15) is 0 Å². The largest absolute Gasteiger partial charge is 0.308 e. The molecule has 0 aliphatic heterocycles. The Labute approximate surface area is 359 Å². The summed E-state index contributed by atoms with van der Waals surface area (Å²) >= 11 is 1.86. The van der Waals surface area contributed by atoms with Crippen molar-refractivity contribution >= 4 is 108 Å². The molecule has 1 aliphatic rings. The Kier molecular flexibility index (Phi) is 6.97. The van der Waals surface area contributed by atoms with Gasteiger partial charge in [-0.05, 0) is 54.1 Å². The van der Waals surface area contributed by atoms with Gasteiger partial charge in [0.15, 0.2) is 17.5 Å². The van der Waals surface area contributed by atoms with E-state index in [0.717, 1.165) is 34.3 Å². The highest BCUT2D eigenvalue weighted by molar-refractivity contribution is 7.26. The molecule has 13 aromatic rings. The number of para-hydroxylation sites is 2. The number of fused-ring (bicyclic) bond motifs is 14. The van der Waals surface area contributed by atoms with Crippen molar-refractivity contribution in [3.63, 3.8) is 0 Å². The zero-order chi connectivity index (χ0) is 40.6. The lowest BCUT2D eigenvalue weighted by molar-refractivity contribution is 0.738. The fourth-order valence-corrected chi connectivity index (χ4v) is 11.6. The number of thiophene rings is 1. The van der Waals surface area contributed by atoms with Crippen LogP contribution in [0.5, 0.6) is 0 Å². The van der Waals surface area contributed by atoms with E-state index in [2.05, 4.69) is 174 Å². The summed E-state index contributed by atoms with van der Waals surface area (Å²) < 4.78 is 7.52. The molecule has 5 aromatic heterocycles. The highest BCUT2D eigenvalue weighted by Crippen LogP contribution is 2.47. The fraction of sp³-hybridized carbons (Fsp3) is 0.0536. The summed E-state index contributed by atoms with van der Waals surface area (Å²) in [6, 6.07) is 57.7. The Hall–Kier alpha value is -7.67. The van der Waals surface area contributed by atoms with Crippen molar-refractivity contribution in [3.05, 3.63) is 182 Å². The smallest absolute Gasteiger partial charge is 0.164 e. The molecular weight excluding hydrogens is 775 g/mol. The second-order valence-electron chi connectivity index (χ2n) is 16.8. The van der Waals surface area contributed by atoms with Crippen LogP contribution >= 0.6 is 11.3 Å². The van der Waals surface area contributed by atoms with Crippen LogP contribution in [0.3, 0.4) is 0 Å². The summed E-state index contributed by atoms with van der Waals surface area (Å²) in [5.74, 6) is 2.41. The molecule has 6 heteroatoms. The Balaban J connectivity index is 1.14. The predicted molar refractivity (Wildman–Crippen MR) is 261 cm³/mol. The maximum atomic E-state index is 5.32. The Morgan fingerprint density at radius 2 is 1.19 bits per heavy atom. The first-order chi connectivity index (χ1) is 30.6. The van der Waals surface area contributed by atoms with Crippen molar-refractivity contribution in [2.24, 2.45) is 5.92 Å². The summed E-state index contributed by atoms with van der Waals surface area (Å²) in [6.07, 6.45) is 7.69. The van der Waals surface area contributed by atoms with Crippen molar-refractivity contribution < 1.29 is 0 Å². The van der Waals surface area contributed by atoms with E-state index < -0.39 is 0 Å². The summed E-state index contributed by atoms with van der Waals surface area (Å²) in [5, 5.41) is 12.4. The van der Waals surface area contributed by atoms with E-state index in [-0.39, 0.29) is 0 Å². The average Bonchev–Trinajstić information content (AvgIpc) is 4.07. The van der Waals surface area contributed by atoms with E-state index in [1.165, 1.54) is 85.3 Å². The lowest BCUT2D eigenvalue weighted by atomic mass is 9.97. The number of hydrogen-bond donors (Lipinski definition) is 0. The van der Waals surface area contributed by atoms with Crippen LogP contribution in [-0.4, -0.2) is 23.9 Å². The number of benzene rings is 8. The molecule has 14 rings (SSSR count). The predicted octanol–water partition coefficient (Wildman–Crippen LogP) is 15.0. The first kappa shape index (κ1) is 34.1. The highest BCUT2D eigenvalue weighted by atomic mass is 32.1. The molecule has 1 atom stereocenters. The monoisotopic (exact) mass is 809 g/mol. The van der Waals surface area contributed by atoms with Crippen LogP contribution in [0, 0.1) is 5.92 Å². The fourth-order valence-electron chi connectivity index (χ4n) is 10.4. The molecular formula is C56H35N5S. The molecule has 0 saturated heterocycles. The number of aromatic nitrogens is 5. The molecule has 0 radical (unpaired) electrons. The molecule has 5 heterocycles. The molecule has 0 fully saturated rings. The molecule has 0 bridgehead atoms. The van der Waals surface area contributed by atoms with Crippen molar-refractivity contribution in [2.45, 2.75) is 13.3 Å². The minimum Gasteiger partial charge on any atom is -0.308 e. The maximum Gasteiger partial charge on any atom is 0.164 e. The molecule has 1 unspecified atom stereocenters. The van der Waals surface area contributed by atoms with Crippen LogP contribution in [0.15, 0.2) is 176 Å². The minimum atomic E-state index is 0.399. The quantitative estimate of drug-likeness (QED) is 0.178. The zero-order valence-electron chi connectivity index (χ0n) is 33.7. The zero-order valence-corrected chi connectivity index (χ0v) is 34.5. The second kappa shape index (κ2) is 12.7. The molecule has 62 heavy (non-hydrogen) atoms.